The summed E-state index contributed by atoms with van der Waals surface area (Å²) in [5.74, 6) is 0.993. The van der Waals surface area contributed by atoms with Crippen molar-refractivity contribution >= 4 is 44.1 Å². The van der Waals surface area contributed by atoms with Crippen LogP contribution in [-0.2, 0) is 18.5 Å². The fourth-order valence-electron chi connectivity index (χ4n) is 3.77. The van der Waals surface area contributed by atoms with Crippen LogP contribution in [-0.4, -0.2) is 71.1 Å². The second-order valence-electron chi connectivity index (χ2n) is 7.17. The summed E-state index contributed by atoms with van der Waals surface area (Å²) in [5, 5.41) is 0.571. The molecule has 180 valence electrons. The molecule has 0 spiro atoms. The summed E-state index contributed by atoms with van der Waals surface area (Å²) in [6.45, 7) is 4.08. The van der Waals surface area contributed by atoms with Gasteiger partial charge < -0.3 is 19.9 Å². The van der Waals surface area contributed by atoms with Gasteiger partial charge in [-0.3, -0.25) is 4.57 Å². The number of hydrogen-bond donors (Lipinski definition) is 2. The van der Waals surface area contributed by atoms with Crippen LogP contribution >= 0.6 is 19.6 Å². The first kappa shape index (κ1) is 25.1. The predicted octanol–water partition coefficient (Wildman–Crippen LogP) is 2.76. The van der Waals surface area contributed by atoms with Crippen LogP contribution in [0.4, 0.5) is 5.82 Å². The van der Waals surface area contributed by atoms with E-state index in [-0.39, 0.29) is 12.4 Å². The van der Waals surface area contributed by atoms with Gasteiger partial charge in [0.15, 0.2) is 34.5 Å². The maximum absolute atomic E-state index is 10.1. The van der Waals surface area contributed by atoms with E-state index >= 15 is 0 Å². The van der Waals surface area contributed by atoms with E-state index in [2.05, 4.69) is 15.0 Å². The van der Waals surface area contributed by atoms with Gasteiger partial charge in [-0.05, 0) is 24.3 Å². The molecule has 2 unspecified atom stereocenters. The Balaban J connectivity index is 0.00000133. The molecule has 2 radical (unpaired) electrons. The van der Waals surface area contributed by atoms with E-state index in [9.17, 15) is 4.89 Å². The Morgan fingerprint density at radius 2 is 1.97 bits per heavy atom. The molecule has 3 N–H and O–H groups in total. The third-order valence-corrected chi connectivity index (χ3v) is 7.29. The number of benzene rings is 1. The zero-order valence-corrected chi connectivity index (χ0v) is 20.9. The number of imidazole rings is 1. The Hall–Kier alpha value is -1.99. The summed E-state index contributed by atoms with van der Waals surface area (Å²) in [4.78, 5) is 24.2. The van der Waals surface area contributed by atoms with Crippen LogP contribution in [0.1, 0.15) is 20.1 Å². The van der Waals surface area contributed by atoms with Crippen molar-refractivity contribution in [3.05, 3.63) is 30.6 Å². The van der Waals surface area contributed by atoms with Gasteiger partial charge in [-0.1, -0.05) is 25.6 Å². The Bertz CT molecular complexity index is 1140. The number of methoxy groups -OCH3 is 2. The Labute approximate surface area is 203 Å². The number of nitrogens with two attached hydrogens (primary N) is 1. The largest absolute Gasteiger partial charge is 0.497 e. The minimum Gasteiger partial charge on any atom is -0.497 e. The zero-order chi connectivity index (χ0) is 24.5. The van der Waals surface area contributed by atoms with Crippen LogP contribution in [0.2, 0.25) is 0 Å². The first-order valence-corrected chi connectivity index (χ1v) is 13.1. The SMILES string of the molecule is CC.[B][P+]1(O)OC[C@H]2O[C@@H](n3c(Sc4ccc(OC)cc4)nc4c(N)ncnc43)C(OC)[C@@H]2O1. The van der Waals surface area contributed by atoms with Gasteiger partial charge in [-0.15, -0.1) is 0 Å². The lowest BCUT2D eigenvalue weighted by Gasteiger charge is -2.29. The normalized spacial score (nSPS) is 28.3. The van der Waals surface area contributed by atoms with Crippen LogP contribution in [0.25, 0.3) is 11.2 Å². The highest BCUT2D eigenvalue weighted by Crippen LogP contribution is 2.59. The molecule has 2 aromatic heterocycles. The maximum atomic E-state index is 10.1. The number of rotatable bonds is 5. The molecule has 0 amide bonds. The highest BCUT2D eigenvalue weighted by atomic mass is 32.2. The Kier molecular flexibility index (Phi) is 7.63. The van der Waals surface area contributed by atoms with Crippen molar-refractivity contribution in [1.82, 2.24) is 19.5 Å². The van der Waals surface area contributed by atoms with Gasteiger partial charge in [0, 0.05) is 12.0 Å². The van der Waals surface area contributed by atoms with Crippen LogP contribution in [0.15, 0.2) is 40.6 Å². The number of fused-ring (bicyclic) bond motifs is 2. The first-order chi connectivity index (χ1) is 16.4. The smallest absolute Gasteiger partial charge is 0.488 e. The monoisotopic (exact) mass is 506 g/mol. The average molecular weight is 506 g/mol. The summed E-state index contributed by atoms with van der Waals surface area (Å²) in [5.41, 5.74) is 7.00. The van der Waals surface area contributed by atoms with Crippen molar-refractivity contribution < 1.29 is 28.2 Å². The van der Waals surface area contributed by atoms with Crippen LogP contribution in [0.3, 0.4) is 0 Å². The van der Waals surface area contributed by atoms with Gasteiger partial charge in [0.05, 0.1) is 7.11 Å². The zero-order valence-electron chi connectivity index (χ0n) is 19.2. The lowest BCUT2D eigenvalue weighted by molar-refractivity contribution is -0.0648. The molecule has 11 nitrogen and oxygen atoms in total. The lowest BCUT2D eigenvalue weighted by atomic mass is 10.1. The fourth-order valence-corrected chi connectivity index (χ4v) is 5.70. The highest BCUT2D eigenvalue weighted by Gasteiger charge is 2.58. The van der Waals surface area contributed by atoms with Gasteiger partial charge in [0.1, 0.15) is 30.9 Å². The van der Waals surface area contributed by atoms with Crippen LogP contribution in [0, 0.1) is 0 Å². The van der Waals surface area contributed by atoms with Crippen LogP contribution < -0.4 is 10.5 Å². The molecule has 2 aliphatic heterocycles. The van der Waals surface area contributed by atoms with E-state index in [1.165, 1.54) is 25.2 Å². The van der Waals surface area contributed by atoms with Gasteiger partial charge in [0.2, 0.25) is 0 Å². The molecule has 3 aromatic rings. The van der Waals surface area contributed by atoms with Crippen molar-refractivity contribution in [3.63, 3.8) is 0 Å². The van der Waals surface area contributed by atoms with E-state index in [1.54, 1.807) is 11.7 Å². The van der Waals surface area contributed by atoms with Gasteiger partial charge >= 0.3 is 15.4 Å². The first-order valence-electron chi connectivity index (χ1n) is 10.6. The number of hydrogen-bond acceptors (Lipinski definition) is 11. The third kappa shape index (κ3) is 4.74. The van der Waals surface area contributed by atoms with Crippen molar-refractivity contribution in [2.24, 2.45) is 0 Å². The standard InChI is InChI=1S/C18H20BN5O6PS.C2H6/c1-26-9-3-5-10(6-4-9)32-18-23-12-15(20)21-8-22-16(12)24(18)17-14(27-2)13-11(29-17)7-28-31(19,25)30-13;1-2/h3-6,8,11,13-14,17,25H,7H2,1-2H3,(H2,20,21,22);1-2H3/q+1;/t11-,13-,14?,17-,31?;/m1./s1. The van der Waals surface area contributed by atoms with E-state index in [1.807, 2.05) is 38.1 Å². The van der Waals surface area contributed by atoms with Crippen LogP contribution in [0.5, 0.6) is 5.75 Å². The molecule has 0 aliphatic carbocycles. The molecule has 5 atom stereocenters. The molecule has 34 heavy (non-hydrogen) atoms. The average Bonchev–Trinajstić information content (AvgIpc) is 3.37. The summed E-state index contributed by atoms with van der Waals surface area (Å²) in [6, 6.07) is 7.56. The number of nitrogens with zero attached hydrogens (tertiary/aromatic N) is 4. The second-order valence-corrected chi connectivity index (χ2v) is 9.81. The maximum Gasteiger partial charge on any atom is 0.488 e. The number of anilines is 1. The molecular formula is C20H26BN5O6PS+. The Morgan fingerprint density at radius 1 is 1.24 bits per heavy atom. The number of aromatic nitrogens is 4. The summed E-state index contributed by atoms with van der Waals surface area (Å²) in [7, 11) is 5.43. The number of ether oxygens (including phenoxy) is 3. The molecule has 0 saturated carbocycles. The summed E-state index contributed by atoms with van der Waals surface area (Å²) in [6.07, 6.45) is -1.05. The quantitative estimate of drug-likeness (QED) is 0.391. The second kappa shape index (κ2) is 10.3. The molecule has 0 bridgehead atoms. The van der Waals surface area contributed by atoms with Crippen molar-refractivity contribution in [2.45, 2.75) is 48.4 Å². The highest BCUT2D eigenvalue weighted by molar-refractivity contribution is 7.99. The molecule has 2 fully saturated rings. The minimum atomic E-state index is -3.44. The molecule has 4 heterocycles. The van der Waals surface area contributed by atoms with E-state index in [4.69, 9.17) is 36.6 Å². The van der Waals surface area contributed by atoms with Gasteiger partial charge in [0.25, 0.3) is 0 Å². The van der Waals surface area contributed by atoms with Crippen molar-refractivity contribution in [1.29, 1.82) is 0 Å². The minimum absolute atomic E-state index is 0.0759. The molecular weight excluding hydrogens is 480 g/mol. The van der Waals surface area contributed by atoms with Gasteiger partial charge in [-0.25, -0.2) is 19.8 Å². The molecule has 14 heteroatoms. The molecule has 2 saturated heterocycles. The van der Waals surface area contributed by atoms with Crippen molar-refractivity contribution in [3.8, 4) is 5.75 Å². The lowest BCUT2D eigenvalue weighted by Crippen LogP contribution is -2.41. The molecule has 2 aliphatic rings. The van der Waals surface area contributed by atoms with Crippen molar-refractivity contribution in [2.75, 3.05) is 26.6 Å². The third-order valence-electron chi connectivity index (χ3n) is 5.25. The Morgan fingerprint density at radius 3 is 2.65 bits per heavy atom. The topological polar surface area (TPSA) is 136 Å². The van der Waals surface area contributed by atoms with E-state index < -0.39 is 32.4 Å². The van der Waals surface area contributed by atoms with E-state index in [0.29, 0.717) is 16.3 Å². The molecule has 1 aromatic carbocycles. The summed E-state index contributed by atoms with van der Waals surface area (Å²) >= 11 is 1.40. The van der Waals surface area contributed by atoms with Gasteiger partial charge in [-0.2, -0.15) is 9.05 Å². The predicted molar refractivity (Wildman–Crippen MR) is 129 cm³/mol. The number of nitrogen functional groups attached to an aromatic ring is 1. The summed E-state index contributed by atoms with van der Waals surface area (Å²) < 4.78 is 29.8. The molecule has 5 rings (SSSR count). The fraction of sp³-hybridized carbons (Fsp3) is 0.450. The van der Waals surface area contributed by atoms with E-state index in [0.717, 1.165) is 10.6 Å².